The Kier molecular flexibility index (Phi) is 7.33. The Hall–Kier alpha value is -3.91. The molecule has 198 valence electrons. The van der Waals surface area contributed by atoms with E-state index in [1.165, 1.54) is 7.11 Å². The number of amides is 2. The number of ether oxygens (including phenoxy) is 2. The number of likely N-dealkylation sites (tertiary alicyclic amines) is 1. The van der Waals surface area contributed by atoms with Crippen LogP contribution in [0.1, 0.15) is 25.3 Å². The average molecular weight is 516 g/mol. The van der Waals surface area contributed by atoms with Crippen molar-refractivity contribution in [1.82, 2.24) is 10.2 Å². The summed E-state index contributed by atoms with van der Waals surface area (Å²) in [6.45, 7) is 2.74. The van der Waals surface area contributed by atoms with Gasteiger partial charge in [-0.1, -0.05) is 54.6 Å². The molecule has 0 radical (unpaired) electrons. The van der Waals surface area contributed by atoms with Crippen LogP contribution in [0, 0.1) is 0 Å². The Morgan fingerprint density at radius 2 is 1.71 bits per heavy atom. The minimum Gasteiger partial charge on any atom is -0.466 e. The smallest absolute Gasteiger partial charge is 0.337 e. The molecule has 3 aliphatic heterocycles. The lowest BCUT2D eigenvalue weighted by Gasteiger charge is -2.36. The van der Waals surface area contributed by atoms with E-state index in [2.05, 4.69) is 10.6 Å². The van der Waals surface area contributed by atoms with Crippen LogP contribution >= 0.6 is 0 Å². The standard InChI is InChI=1S/C30H33N3O5/c1-20(34)33-17-14-23(15-18-33)32-28(35)26-24-13-16-30(38-24,27(26)29(36)37-2)25(19-21-9-5-3-6-10-21)31-22-11-7-4-8-12-22/h3-13,16,23-25,31H,14-15,17-19H2,1-2H3,(H,32,35). The number of hydrogen-bond acceptors (Lipinski definition) is 6. The molecule has 2 N–H and O–H groups in total. The lowest BCUT2D eigenvalue weighted by molar-refractivity contribution is -0.138. The van der Waals surface area contributed by atoms with Crippen molar-refractivity contribution in [3.8, 4) is 0 Å². The van der Waals surface area contributed by atoms with Crippen LogP contribution < -0.4 is 10.6 Å². The first kappa shape index (κ1) is 25.7. The minimum atomic E-state index is -1.19. The molecular formula is C30H33N3O5. The third-order valence-electron chi connectivity index (χ3n) is 7.61. The second kappa shape index (κ2) is 10.8. The highest BCUT2D eigenvalue weighted by molar-refractivity contribution is 6.07. The maximum absolute atomic E-state index is 13.6. The van der Waals surface area contributed by atoms with E-state index in [9.17, 15) is 14.4 Å². The van der Waals surface area contributed by atoms with Gasteiger partial charge in [0.1, 0.15) is 11.7 Å². The van der Waals surface area contributed by atoms with Gasteiger partial charge in [-0.2, -0.15) is 0 Å². The number of carbonyl (C=O) groups excluding carboxylic acids is 3. The number of esters is 1. The number of fused-ring (bicyclic) bond motifs is 2. The summed E-state index contributed by atoms with van der Waals surface area (Å²) >= 11 is 0. The molecule has 3 aliphatic rings. The van der Waals surface area contributed by atoms with Gasteiger partial charge in [0, 0.05) is 31.7 Å². The summed E-state index contributed by atoms with van der Waals surface area (Å²) in [5, 5.41) is 6.66. The largest absolute Gasteiger partial charge is 0.466 e. The van der Waals surface area contributed by atoms with Crippen LogP contribution in [-0.2, 0) is 30.3 Å². The Labute approximate surface area is 222 Å². The van der Waals surface area contributed by atoms with Gasteiger partial charge in [-0.05, 0) is 43.0 Å². The van der Waals surface area contributed by atoms with Crippen molar-refractivity contribution >= 4 is 23.5 Å². The summed E-state index contributed by atoms with van der Waals surface area (Å²) in [5.41, 5.74) is 1.28. The topological polar surface area (TPSA) is 97.0 Å². The van der Waals surface area contributed by atoms with Crippen molar-refractivity contribution in [3.05, 3.63) is 89.5 Å². The molecule has 0 aliphatic carbocycles. The number of para-hydroxylation sites is 1. The molecule has 8 heteroatoms. The van der Waals surface area contributed by atoms with E-state index in [0.29, 0.717) is 37.9 Å². The maximum Gasteiger partial charge on any atom is 0.337 e. The predicted octanol–water partition coefficient (Wildman–Crippen LogP) is 3.01. The number of hydrogen-bond donors (Lipinski definition) is 2. The molecule has 3 unspecified atom stereocenters. The van der Waals surface area contributed by atoms with Crippen molar-refractivity contribution < 1.29 is 23.9 Å². The van der Waals surface area contributed by atoms with Crippen molar-refractivity contribution in [2.45, 2.75) is 50.0 Å². The Bertz CT molecular complexity index is 1210. The van der Waals surface area contributed by atoms with E-state index >= 15 is 0 Å². The fourth-order valence-electron chi connectivity index (χ4n) is 5.65. The Morgan fingerprint density at radius 3 is 2.34 bits per heavy atom. The molecule has 0 spiro atoms. The number of carbonyl (C=O) groups is 3. The van der Waals surface area contributed by atoms with Crippen LogP contribution in [0.15, 0.2) is 84.0 Å². The highest BCUT2D eigenvalue weighted by Crippen LogP contribution is 2.47. The van der Waals surface area contributed by atoms with Crippen molar-refractivity contribution in [1.29, 1.82) is 0 Å². The van der Waals surface area contributed by atoms with Gasteiger partial charge in [0.2, 0.25) is 5.91 Å². The van der Waals surface area contributed by atoms with Gasteiger partial charge in [-0.3, -0.25) is 9.59 Å². The van der Waals surface area contributed by atoms with E-state index in [4.69, 9.17) is 9.47 Å². The highest BCUT2D eigenvalue weighted by Gasteiger charge is 2.58. The van der Waals surface area contributed by atoms with Gasteiger partial charge in [-0.25, -0.2) is 4.79 Å². The number of benzene rings is 2. The molecule has 5 rings (SSSR count). The molecule has 2 aromatic carbocycles. The molecule has 2 bridgehead atoms. The zero-order valence-electron chi connectivity index (χ0n) is 21.7. The summed E-state index contributed by atoms with van der Waals surface area (Å²) in [6.07, 6.45) is 4.94. The predicted molar refractivity (Wildman–Crippen MR) is 143 cm³/mol. The van der Waals surface area contributed by atoms with Gasteiger partial charge >= 0.3 is 5.97 Å². The zero-order chi connectivity index (χ0) is 26.7. The van der Waals surface area contributed by atoms with Crippen LogP contribution in [0.3, 0.4) is 0 Å². The molecule has 0 saturated carbocycles. The van der Waals surface area contributed by atoms with E-state index in [1.807, 2.05) is 72.8 Å². The van der Waals surface area contributed by atoms with Crippen molar-refractivity contribution in [2.24, 2.45) is 0 Å². The normalized spacial score (nSPS) is 23.3. The highest BCUT2D eigenvalue weighted by atomic mass is 16.5. The fraction of sp³-hybridized carbons (Fsp3) is 0.367. The van der Waals surface area contributed by atoms with Gasteiger partial charge in [0.25, 0.3) is 5.91 Å². The number of nitrogens with zero attached hydrogens (tertiary/aromatic N) is 1. The number of methoxy groups -OCH3 is 1. The Morgan fingerprint density at radius 1 is 1.05 bits per heavy atom. The zero-order valence-corrected chi connectivity index (χ0v) is 21.7. The van der Waals surface area contributed by atoms with Crippen molar-refractivity contribution in [2.75, 3.05) is 25.5 Å². The molecule has 3 heterocycles. The van der Waals surface area contributed by atoms with E-state index in [-0.39, 0.29) is 23.4 Å². The van der Waals surface area contributed by atoms with Crippen LogP contribution in [0.5, 0.6) is 0 Å². The number of nitrogens with one attached hydrogen (secondary N) is 2. The maximum atomic E-state index is 13.6. The van der Waals surface area contributed by atoms with Gasteiger partial charge < -0.3 is 25.0 Å². The van der Waals surface area contributed by atoms with Crippen LogP contribution in [0.25, 0.3) is 0 Å². The molecular weight excluding hydrogens is 482 g/mol. The second-order valence-electron chi connectivity index (χ2n) is 9.98. The third-order valence-corrected chi connectivity index (χ3v) is 7.61. The molecule has 0 aromatic heterocycles. The fourth-order valence-corrected chi connectivity index (χ4v) is 5.65. The van der Waals surface area contributed by atoms with Gasteiger partial charge in [0.05, 0.1) is 24.3 Å². The first-order valence-electron chi connectivity index (χ1n) is 13.0. The molecule has 1 fully saturated rings. The summed E-state index contributed by atoms with van der Waals surface area (Å²) in [6, 6.07) is 19.2. The first-order valence-corrected chi connectivity index (χ1v) is 13.0. The molecule has 8 nitrogen and oxygen atoms in total. The summed E-state index contributed by atoms with van der Waals surface area (Å²) in [7, 11) is 1.32. The average Bonchev–Trinajstić information content (AvgIpc) is 3.52. The van der Waals surface area contributed by atoms with E-state index < -0.39 is 23.7 Å². The third kappa shape index (κ3) is 4.96. The monoisotopic (exact) mass is 515 g/mol. The van der Waals surface area contributed by atoms with Crippen LogP contribution in [0.4, 0.5) is 5.69 Å². The van der Waals surface area contributed by atoms with E-state index in [1.54, 1.807) is 11.8 Å². The number of anilines is 1. The molecule has 2 aromatic rings. The second-order valence-corrected chi connectivity index (χ2v) is 9.98. The lowest BCUT2D eigenvalue weighted by atomic mass is 9.78. The number of rotatable bonds is 8. The van der Waals surface area contributed by atoms with E-state index in [0.717, 1.165) is 11.3 Å². The quantitative estimate of drug-likeness (QED) is 0.415. The number of piperidine rings is 1. The van der Waals surface area contributed by atoms with Crippen LogP contribution in [0.2, 0.25) is 0 Å². The first-order chi connectivity index (χ1) is 18.4. The molecule has 3 atom stereocenters. The van der Waals surface area contributed by atoms with Crippen LogP contribution in [-0.4, -0.2) is 66.7 Å². The Balaban J connectivity index is 1.47. The molecule has 38 heavy (non-hydrogen) atoms. The molecule has 2 amide bonds. The van der Waals surface area contributed by atoms with Gasteiger partial charge in [0.15, 0.2) is 0 Å². The summed E-state index contributed by atoms with van der Waals surface area (Å²) in [5.74, 6) is -0.878. The van der Waals surface area contributed by atoms with Gasteiger partial charge in [-0.15, -0.1) is 0 Å². The summed E-state index contributed by atoms with van der Waals surface area (Å²) < 4.78 is 11.7. The minimum absolute atomic E-state index is 0.0365. The van der Waals surface area contributed by atoms with Crippen molar-refractivity contribution in [3.63, 3.8) is 0 Å². The molecule has 1 saturated heterocycles. The SMILES string of the molecule is COC(=O)C1=C(C(=O)NC2CCN(C(C)=O)CC2)C2C=CC1(C(Cc1ccccc1)Nc1ccccc1)O2. The summed E-state index contributed by atoms with van der Waals surface area (Å²) in [4.78, 5) is 40.4. The lowest BCUT2D eigenvalue weighted by Crippen LogP contribution is -2.50.